The lowest BCUT2D eigenvalue weighted by atomic mass is 10.2. The molecule has 0 aliphatic rings. The maximum absolute atomic E-state index is 9.95. The zero-order chi connectivity index (χ0) is 15.7. The van der Waals surface area contributed by atoms with Crippen LogP contribution in [0.15, 0.2) is 0 Å². The molecule has 0 aliphatic heterocycles. The van der Waals surface area contributed by atoms with Gasteiger partial charge in [0.1, 0.15) is 24.9 Å². The smallest absolute Gasteiger partial charge is 0.109 e. The molecular formula is C14H32N2O4. The van der Waals surface area contributed by atoms with Crippen LogP contribution in [-0.4, -0.2) is 68.2 Å². The summed E-state index contributed by atoms with van der Waals surface area (Å²) in [5.41, 5.74) is 0. The van der Waals surface area contributed by atoms with Crippen molar-refractivity contribution in [2.24, 2.45) is 0 Å². The molecule has 4 atom stereocenters. The number of hydrogen-bond acceptors (Lipinski definition) is 6. The van der Waals surface area contributed by atoms with Crippen LogP contribution >= 0.6 is 0 Å². The highest BCUT2D eigenvalue weighted by Crippen LogP contribution is 2.12. The molecular weight excluding hydrogens is 260 g/mol. The van der Waals surface area contributed by atoms with Crippen LogP contribution in [-0.2, 0) is 0 Å². The minimum atomic E-state index is -0.718. The van der Waals surface area contributed by atoms with Gasteiger partial charge in [-0.15, -0.1) is 0 Å². The van der Waals surface area contributed by atoms with E-state index in [9.17, 15) is 20.4 Å². The first kappa shape index (κ1) is 19.8. The summed E-state index contributed by atoms with van der Waals surface area (Å²) in [6.45, 7) is 8.16. The van der Waals surface area contributed by atoms with Crippen LogP contribution in [0.2, 0.25) is 0 Å². The minimum Gasteiger partial charge on any atom is -0.378 e. The molecule has 0 aliphatic carbocycles. The molecule has 0 bridgehead atoms. The lowest BCUT2D eigenvalue weighted by Gasteiger charge is -2.36. The molecule has 4 unspecified atom stereocenters. The van der Waals surface area contributed by atoms with E-state index in [1.807, 2.05) is 27.7 Å². The zero-order valence-corrected chi connectivity index (χ0v) is 13.2. The summed E-state index contributed by atoms with van der Waals surface area (Å²) >= 11 is 0. The standard InChI is InChI=1S/C14H32N2O4/c1-5-11(17)15(12(18)6-2)9-10-16(13(19)7-3)14(20)8-4/h11-14,17-20H,5-10H2,1-4H3. The third-order valence-electron chi connectivity index (χ3n) is 3.61. The molecule has 0 aromatic heterocycles. The van der Waals surface area contributed by atoms with Gasteiger partial charge in [-0.05, 0) is 25.7 Å². The van der Waals surface area contributed by atoms with Crippen LogP contribution in [0, 0.1) is 0 Å². The summed E-state index contributed by atoms with van der Waals surface area (Å²) < 4.78 is 0. The highest BCUT2D eigenvalue weighted by molar-refractivity contribution is 4.70. The molecule has 4 N–H and O–H groups in total. The van der Waals surface area contributed by atoms with Crippen molar-refractivity contribution in [1.29, 1.82) is 0 Å². The molecule has 122 valence electrons. The molecule has 0 rings (SSSR count). The fourth-order valence-electron chi connectivity index (χ4n) is 2.16. The van der Waals surface area contributed by atoms with Gasteiger partial charge in [-0.3, -0.25) is 9.80 Å². The van der Waals surface area contributed by atoms with Gasteiger partial charge in [0.25, 0.3) is 0 Å². The number of aliphatic hydroxyl groups is 4. The van der Waals surface area contributed by atoms with Gasteiger partial charge in [0.2, 0.25) is 0 Å². The van der Waals surface area contributed by atoms with Gasteiger partial charge in [0.05, 0.1) is 0 Å². The van der Waals surface area contributed by atoms with Crippen molar-refractivity contribution in [2.75, 3.05) is 13.1 Å². The van der Waals surface area contributed by atoms with Crippen molar-refractivity contribution < 1.29 is 20.4 Å². The van der Waals surface area contributed by atoms with E-state index in [1.54, 1.807) is 9.80 Å². The van der Waals surface area contributed by atoms with Gasteiger partial charge in [0, 0.05) is 13.1 Å². The van der Waals surface area contributed by atoms with E-state index in [0.717, 1.165) is 0 Å². The van der Waals surface area contributed by atoms with E-state index in [0.29, 0.717) is 38.8 Å². The molecule has 0 radical (unpaired) electrons. The van der Waals surface area contributed by atoms with Gasteiger partial charge in [-0.25, -0.2) is 0 Å². The van der Waals surface area contributed by atoms with Gasteiger partial charge < -0.3 is 20.4 Å². The highest BCUT2D eigenvalue weighted by atomic mass is 16.3. The summed E-state index contributed by atoms with van der Waals surface area (Å²) in [5, 5.41) is 39.8. The fraction of sp³-hybridized carbons (Fsp3) is 1.00. The molecule has 6 nitrogen and oxygen atoms in total. The van der Waals surface area contributed by atoms with E-state index in [4.69, 9.17) is 0 Å². The first-order valence-electron chi connectivity index (χ1n) is 7.66. The van der Waals surface area contributed by atoms with Crippen molar-refractivity contribution in [1.82, 2.24) is 9.80 Å². The second kappa shape index (κ2) is 10.5. The molecule has 0 fully saturated rings. The Morgan fingerprint density at radius 3 is 0.900 bits per heavy atom. The van der Waals surface area contributed by atoms with Gasteiger partial charge in [-0.1, -0.05) is 27.7 Å². The van der Waals surface area contributed by atoms with Crippen LogP contribution in [0.5, 0.6) is 0 Å². The minimum absolute atomic E-state index is 0.387. The Balaban J connectivity index is 4.68. The van der Waals surface area contributed by atoms with E-state index in [1.165, 1.54) is 0 Å². The van der Waals surface area contributed by atoms with Crippen LogP contribution in [0.4, 0.5) is 0 Å². The number of hydrogen-bond donors (Lipinski definition) is 4. The molecule has 20 heavy (non-hydrogen) atoms. The predicted octanol–water partition coefficient (Wildman–Crippen LogP) is 0.504. The van der Waals surface area contributed by atoms with Crippen molar-refractivity contribution in [3.63, 3.8) is 0 Å². The van der Waals surface area contributed by atoms with Crippen molar-refractivity contribution in [2.45, 2.75) is 78.3 Å². The van der Waals surface area contributed by atoms with Crippen LogP contribution in [0.25, 0.3) is 0 Å². The second-order valence-corrected chi connectivity index (χ2v) is 5.03. The Bertz CT molecular complexity index is 199. The quantitative estimate of drug-likeness (QED) is 0.415. The van der Waals surface area contributed by atoms with Gasteiger partial charge in [0.15, 0.2) is 0 Å². The van der Waals surface area contributed by atoms with Crippen LogP contribution < -0.4 is 0 Å². The van der Waals surface area contributed by atoms with E-state index in [2.05, 4.69) is 0 Å². The Kier molecular flexibility index (Phi) is 10.4. The normalized spacial score (nSPS) is 18.3. The molecule has 6 heteroatoms. The summed E-state index contributed by atoms with van der Waals surface area (Å²) in [6.07, 6.45) is -0.802. The summed E-state index contributed by atoms with van der Waals surface area (Å²) in [5.74, 6) is 0. The van der Waals surface area contributed by atoms with Crippen molar-refractivity contribution in [3.05, 3.63) is 0 Å². The first-order chi connectivity index (χ1) is 9.42. The Hall–Kier alpha value is -0.240. The molecule has 0 aromatic carbocycles. The SMILES string of the molecule is CCC(O)N(CCN(C(O)CC)C(O)CC)C(O)CC. The van der Waals surface area contributed by atoms with Crippen LogP contribution in [0.1, 0.15) is 53.4 Å². The Labute approximate surface area is 122 Å². The number of aliphatic hydroxyl groups excluding tert-OH is 4. The van der Waals surface area contributed by atoms with Crippen molar-refractivity contribution >= 4 is 0 Å². The Morgan fingerprint density at radius 1 is 0.550 bits per heavy atom. The molecule has 0 saturated heterocycles. The average Bonchev–Trinajstić information content (AvgIpc) is 2.48. The third-order valence-corrected chi connectivity index (χ3v) is 3.61. The lowest BCUT2D eigenvalue weighted by Crippen LogP contribution is -2.50. The summed E-state index contributed by atoms with van der Waals surface area (Å²) in [6, 6.07) is 0. The first-order valence-corrected chi connectivity index (χ1v) is 7.66. The maximum atomic E-state index is 9.95. The van der Waals surface area contributed by atoms with Crippen LogP contribution in [0.3, 0.4) is 0 Å². The number of nitrogens with zero attached hydrogens (tertiary/aromatic N) is 2. The Morgan fingerprint density at radius 2 is 0.750 bits per heavy atom. The highest BCUT2D eigenvalue weighted by Gasteiger charge is 2.25. The zero-order valence-electron chi connectivity index (χ0n) is 13.2. The van der Waals surface area contributed by atoms with E-state index >= 15 is 0 Å². The second-order valence-electron chi connectivity index (χ2n) is 5.03. The molecule has 0 spiro atoms. The predicted molar refractivity (Wildman–Crippen MR) is 78.6 cm³/mol. The van der Waals surface area contributed by atoms with E-state index in [-0.39, 0.29) is 0 Å². The number of rotatable bonds is 11. The van der Waals surface area contributed by atoms with Crippen molar-refractivity contribution in [3.8, 4) is 0 Å². The molecule has 0 saturated carbocycles. The topological polar surface area (TPSA) is 87.4 Å². The lowest BCUT2D eigenvalue weighted by molar-refractivity contribution is -0.135. The monoisotopic (exact) mass is 292 g/mol. The maximum Gasteiger partial charge on any atom is 0.109 e. The average molecular weight is 292 g/mol. The van der Waals surface area contributed by atoms with Gasteiger partial charge >= 0.3 is 0 Å². The molecule has 0 aromatic rings. The fourth-order valence-corrected chi connectivity index (χ4v) is 2.16. The largest absolute Gasteiger partial charge is 0.378 e. The van der Waals surface area contributed by atoms with Gasteiger partial charge in [-0.2, -0.15) is 0 Å². The summed E-state index contributed by atoms with van der Waals surface area (Å²) in [4.78, 5) is 3.19. The summed E-state index contributed by atoms with van der Waals surface area (Å²) in [7, 11) is 0. The molecule has 0 heterocycles. The van der Waals surface area contributed by atoms with E-state index < -0.39 is 24.9 Å². The third kappa shape index (κ3) is 6.03. The molecule has 0 amide bonds.